The normalized spacial score (nSPS) is 24.4. The molecule has 4 rings (SSSR count). The van der Waals surface area contributed by atoms with E-state index in [1.807, 2.05) is 24.5 Å². The third-order valence-corrected chi connectivity index (χ3v) is 5.97. The number of carbonyl (C=O) groups excluding carboxylic acids is 3. The molecule has 1 saturated carbocycles. The van der Waals surface area contributed by atoms with Crippen molar-refractivity contribution < 1.29 is 19.1 Å². The molecule has 8 heteroatoms. The average Bonchev–Trinajstić information content (AvgIpc) is 3.23. The summed E-state index contributed by atoms with van der Waals surface area (Å²) in [5.41, 5.74) is 2.72. The molecule has 1 aliphatic carbocycles. The third kappa shape index (κ3) is 3.49. The number of nitrogens with zero attached hydrogens (tertiary/aromatic N) is 2. The molecule has 140 valence electrons. The number of rotatable bonds is 3. The van der Waals surface area contributed by atoms with Crippen LogP contribution in [0.2, 0.25) is 0 Å². The SMILES string of the molecule is COC(=O)C1CCC(n2cnc3ccc(/C=C4/SC(=O)NC4=O)cc32)CC1. The molecule has 1 aromatic heterocycles. The Labute approximate surface area is 160 Å². The smallest absolute Gasteiger partial charge is 0.308 e. The summed E-state index contributed by atoms with van der Waals surface area (Å²) in [6, 6.07) is 6.07. The van der Waals surface area contributed by atoms with Crippen molar-refractivity contribution in [2.24, 2.45) is 5.92 Å². The first-order valence-electron chi connectivity index (χ1n) is 8.84. The maximum absolute atomic E-state index is 11.8. The first-order chi connectivity index (χ1) is 13.0. The van der Waals surface area contributed by atoms with E-state index in [1.165, 1.54) is 7.11 Å². The highest BCUT2D eigenvalue weighted by Crippen LogP contribution is 2.35. The highest BCUT2D eigenvalue weighted by molar-refractivity contribution is 8.18. The second-order valence-electron chi connectivity index (χ2n) is 6.78. The van der Waals surface area contributed by atoms with Crippen LogP contribution in [0.5, 0.6) is 0 Å². The molecular weight excluding hydrogens is 366 g/mol. The molecule has 1 aromatic carbocycles. The molecule has 27 heavy (non-hydrogen) atoms. The van der Waals surface area contributed by atoms with E-state index in [2.05, 4.69) is 14.9 Å². The highest BCUT2D eigenvalue weighted by Gasteiger charge is 2.28. The fourth-order valence-electron chi connectivity index (χ4n) is 3.75. The molecule has 7 nitrogen and oxygen atoms in total. The summed E-state index contributed by atoms with van der Waals surface area (Å²) in [6.07, 6.45) is 6.95. The number of amides is 2. The zero-order chi connectivity index (χ0) is 19.0. The predicted octanol–water partition coefficient (Wildman–Crippen LogP) is 3.26. The Kier molecular flexibility index (Phi) is 4.73. The molecular formula is C19H19N3O4S. The summed E-state index contributed by atoms with van der Waals surface area (Å²) in [5.74, 6) is -0.503. The molecule has 2 heterocycles. The van der Waals surface area contributed by atoms with Gasteiger partial charge in [0.2, 0.25) is 0 Å². The second-order valence-corrected chi connectivity index (χ2v) is 7.80. The maximum atomic E-state index is 11.8. The number of benzene rings is 1. The summed E-state index contributed by atoms with van der Waals surface area (Å²) >= 11 is 0.909. The van der Waals surface area contributed by atoms with Crippen LogP contribution in [0.4, 0.5) is 4.79 Å². The first kappa shape index (κ1) is 17.8. The predicted molar refractivity (Wildman–Crippen MR) is 102 cm³/mol. The van der Waals surface area contributed by atoms with Crippen LogP contribution in [-0.4, -0.2) is 33.8 Å². The molecule has 1 saturated heterocycles. The van der Waals surface area contributed by atoms with Crippen LogP contribution in [0.3, 0.4) is 0 Å². The standard InChI is InChI=1S/C19H19N3O4S/c1-26-18(24)12-3-5-13(6-4-12)22-10-20-14-7-2-11(8-15(14)22)9-16-17(23)21-19(25)27-16/h2,7-10,12-13H,3-6H2,1H3,(H,21,23,25)/b16-9+. The van der Waals surface area contributed by atoms with E-state index in [-0.39, 0.29) is 29.1 Å². The van der Waals surface area contributed by atoms with E-state index >= 15 is 0 Å². The molecule has 0 spiro atoms. The number of carbonyl (C=O) groups is 3. The Bertz CT molecular complexity index is 957. The maximum Gasteiger partial charge on any atom is 0.308 e. The van der Waals surface area contributed by atoms with Gasteiger partial charge in [0.15, 0.2) is 0 Å². The quantitative estimate of drug-likeness (QED) is 0.644. The van der Waals surface area contributed by atoms with E-state index in [0.717, 1.165) is 54.0 Å². The van der Waals surface area contributed by atoms with E-state index in [9.17, 15) is 14.4 Å². The molecule has 2 aromatic rings. The molecule has 1 aliphatic heterocycles. The molecule has 0 radical (unpaired) electrons. The second kappa shape index (κ2) is 7.19. The van der Waals surface area contributed by atoms with Crippen molar-refractivity contribution in [1.82, 2.24) is 14.9 Å². The molecule has 1 N–H and O–H groups in total. The number of aromatic nitrogens is 2. The lowest BCUT2D eigenvalue weighted by atomic mass is 9.86. The van der Waals surface area contributed by atoms with Gasteiger partial charge >= 0.3 is 5.97 Å². The van der Waals surface area contributed by atoms with Crippen LogP contribution in [0.25, 0.3) is 17.1 Å². The Morgan fingerprint density at radius 1 is 1.30 bits per heavy atom. The Morgan fingerprint density at radius 2 is 2.07 bits per heavy atom. The van der Waals surface area contributed by atoms with E-state index < -0.39 is 0 Å². The van der Waals surface area contributed by atoms with Crippen molar-refractivity contribution in [2.75, 3.05) is 7.11 Å². The number of hydrogen-bond acceptors (Lipinski definition) is 6. The average molecular weight is 385 g/mol. The van der Waals surface area contributed by atoms with Crippen LogP contribution in [0, 0.1) is 5.92 Å². The van der Waals surface area contributed by atoms with Crippen molar-refractivity contribution in [1.29, 1.82) is 0 Å². The van der Waals surface area contributed by atoms with Gasteiger partial charge < -0.3 is 9.30 Å². The molecule has 2 aliphatic rings. The van der Waals surface area contributed by atoms with Gasteiger partial charge in [-0.25, -0.2) is 4.98 Å². The van der Waals surface area contributed by atoms with Crippen molar-refractivity contribution in [2.45, 2.75) is 31.7 Å². The highest BCUT2D eigenvalue weighted by atomic mass is 32.2. The van der Waals surface area contributed by atoms with Crippen LogP contribution in [0.1, 0.15) is 37.3 Å². The number of thioether (sulfide) groups is 1. The molecule has 0 unspecified atom stereocenters. The van der Waals surface area contributed by atoms with Gasteiger partial charge in [-0.05, 0) is 61.2 Å². The number of fused-ring (bicyclic) bond motifs is 1. The Morgan fingerprint density at radius 3 is 2.74 bits per heavy atom. The monoisotopic (exact) mass is 385 g/mol. The van der Waals surface area contributed by atoms with Crippen molar-refractivity contribution >= 4 is 46.0 Å². The van der Waals surface area contributed by atoms with Gasteiger partial charge in [0.1, 0.15) is 0 Å². The van der Waals surface area contributed by atoms with E-state index in [0.29, 0.717) is 4.91 Å². The van der Waals surface area contributed by atoms with Gasteiger partial charge in [0, 0.05) is 6.04 Å². The van der Waals surface area contributed by atoms with E-state index in [4.69, 9.17) is 4.74 Å². The van der Waals surface area contributed by atoms with Crippen molar-refractivity contribution in [3.05, 3.63) is 35.0 Å². The van der Waals surface area contributed by atoms with Gasteiger partial charge in [-0.3, -0.25) is 19.7 Å². The van der Waals surface area contributed by atoms with E-state index in [1.54, 1.807) is 6.08 Å². The molecule has 0 bridgehead atoms. The minimum atomic E-state index is -0.361. The summed E-state index contributed by atoms with van der Waals surface area (Å²) in [4.78, 5) is 39.7. The number of methoxy groups -OCH3 is 1. The summed E-state index contributed by atoms with van der Waals surface area (Å²) in [5, 5.41) is 1.91. The summed E-state index contributed by atoms with van der Waals surface area (Å²) in [7, 11) is 1.43. The van der Waals surface area contributed by atoms with Gasteiger partial charge in [0.25, 0.3) is 11.1 Å². The number of nitrogens with one attached hydrogen (secondary N) is 1. The van der Waals surface area contributed by atoms with Crippen LogP contribution in [0.15, 0.2) is 29.4 Å². The molecule has 0 atom stereocenters. The minimum absolute atomic E-state index is 0.0169. The van der Waals surface area contributed by atoms with Gasteiger partial charge in [-0.2, -0.15) is 0 Å². The minimum Gasteiger partial charge on any atom is -0.469 e. The summed E-state index contributed by atoms with van der Waals surface area (Å²) < 4.78 is 7.01. The zero-order valence-corrected chi connectivity index (χ0v) is 15.6. The lowest BCUT2D eigenvalue weighted by molar-refractivity contribution is -0.146. The third-order valence-electron chi connectivity index (χ3n) is 5.16. The van der Waals surface area contributed by atoms with Crippen LogP contribution < -0.4 is 5.32 Å². The first-order valence-corrected chi connectivity index (χ1v) is 9.66. The number of hydrogen-bond donors (Lipinski definition) is 1. The van der Waals surface area contributed by atoms with Crippen molar-refractivity contribution in [3.8, 4) is 0 Å². The van der Waals surface area contributed by atoms with Gasteiger partial charge in [0.05, 0.1) is 35.3 Å². The number of esters is 1. The lowest BCUT2D eigenvalue weighted by Gasteiger charge is -2.28. The lowest BCUT2D eigenvalue weighted by Crippen LogP contribution is -2.24. The zero-order valence-electron chi connectivity index (χ0n) is 14.8. The fraction of sp³-hybridized carbons (Fsp3) is 0.368. The largest absolute Gasteiger partial charge is 0.469 e. The Hall–Kier alpha value is -2.61. The molecule has 2 fully saturated rings. The molecule has 2 amide bonds. The van der Waals surface area contributed by atoms with Gasteiger partial charge in [-0.15, -0.1) is 0 Å². The summed E-state index contributed by atoms with van der Waals surface area (Å²) in [6.45, 7) is 0. The topological polar surface area (TPSA) is 90.3 Å². The number of imide groups is 1. The Balaban J connectivity index is 1.58. The number of ether oxygens (including phenoxy) is 1. The fourth-order valence-corrected chi connectivity index (χ4v) is 4.43. The van der Waals surface area contributed by atoms with Crippen LogP contribution >= 0.6 is 11.8 Å². The van der Waals surface area contributed by atoms with Crippen molar-refractivity contribution in [3.63, 3.8) is 0 Å². The van der Waals surface area contributed by atoms with Crippen LogP contribution in [-0.2, 0) is 14.3 Å². The van der Waals surface area contributed by atoms with Gasteiger partial charge in [-0.1, -0.05) is 6.07 Å². The number of imidazole rings is 1.